The minimum atomic E-state index is 0.628. The average molecular weight is 433 g/mol. The van der Waals surface area contributed by atoms with E-state index < -0.39 is 0 Å². The summed E-state index contributed by atoms with van der Waals surface area (Å²) in [4.78, 5) is 0. The van der Waals surface area contributed by atoms with Crippen LogP contribution in [0.1, 0.15) is 11.1 Å². The first-order chi connectivity index (χ1) is 16.7. The van der Waals surface area contributed by atoms with Crippen molar-refractivity contribution in [2.45, 2.75) is 0 Å². The third-order valence-electron chi connectivity index (χ3n) is 5.91. The molecule has 0 bridgehead atoms. The van der Waals surface area contributed by atoms with Crippen LogP contribution >= 0.6 is 0 Å². The standard InChI is InChI=1S/C32H20N2/c33-21-23-6-4-10-28(16-23)31-18-30(19-32(20-31)29-11-5-7-24(17-29)22-34)27-14-12-26(13-15-27)25-8-2-1-3-9-25/h1-20H. The Labute approximate surface area is 199 Å². The zero-order chi connectivity index (χ0) is 23.3. The van der Waals surface area contributed by atoms with Gasteiger partial charge in [0.1, 0.15) is 0 Å². The van der Waals surface area contributed by atoms with Crippen LogP contribution in [0.25, 0.3) is 44.5 Å². The van der Waals surface area contributed by atoms with Crippen molar-refractivity contribution < 1.29 is 0 Å². The van der Waals surface area contributed by atoms with Gasteiger partial charge in [-0.2, -0.15) is 10.5 Å². The Morgan fingerprint density at radius 2 is 0.706 bits per heavy atom. The van der Waals surface area contributed by atoms with Crippen molar-refractivity contribution in [2.24, 2.45) is 0 Å². The molecule has 0 aliphatic rings. The summed E-state index contributed by atoms with van der Waals surface area (Å²) in [6, 6.07) is 45.1. The van der Waals surface area contributed by atoms with Crippen molar-refractivity contribution in [3.05, 3.63) is 132 Å². The van der Waals surface area contributed by atoms with E-state index in [1.165, 1.54) is 11.1 Å². The van der Waals surface area contributed by atoms with Gasteiger partial charge in [-0.05, 0) is 87.0 Å². The molecule has 0 aliphatic carbocycles. The number of hydrogen-bond acceptors (Lipinski definition) is 2. The fourth-order valence-electron chi connectivity index (χ4n) is 4.15. The van der Waals surface area contributed by atoms with Gasteiger partial charge < -0.3 is 0 Å². The van der Waals surface area contributed by atoms with Gasteiger partial charge in [0.25, 0.3) is 0 Å². The Bertz CT molecular complexity index is 1470. The maximum atomic E-state index is 9.37. The predicted octanol–water partition coefficient (Wildman–Crippen LogP) is 8.10. The van der Waals surface area contributed by atoms with Crippen LogP contribution in [0.5, 0.6) is 0 Å². The minimum absolute atomic E-state index is 0.628. The summed E-state index contributed by atoms with van der Waals surface area (Å²) in [5.74, 6) is 0. The maximum Gasteiger partial charge on any atom is 0.0991 e. The maximum absolute atomic E-state index is 9.37. The lowest BCUT2D eigenvalue weighted by Gasteiger charge is -2.12. The van der Waals surface area contributed by atoms with Gasteiger partial charge in [0.15, 0.2) is 0 Å². The highest BCUT2D eigenvalue weighted by Crippen LogP contribution is 2.34. The number of nitrogens with zero attached hydrogens (tertiary/aromatic N) is 2. The molecule has 2 heteroatoms. The van der Waals surface area contributed by atoms with Crippen molar-refractivity contribution >= 4 is 0 Å². The van der Waals surface area contributed by atoms with Gasteiger partial charge in [0.2, 0.25) is 0 Å². The molecule has 0 spiro atoms. The molecule has 0 heterocycles. The summed E-state index contributed by atoms with van der Waals surface area (Å²) in [7, 11) is 0. The highest BCUT2D eigenvalue weighted by Gasteiger charge is 2.09. The van der Waals surface area contributed by atoms with Crippen molar-refractivity contribution in [1.82, 2.24) is 0 Å². The first-order valence-electron chi connectivity index (χ1n) is 11.1. The van der Waals surface area contributed by atoms with Crippen LogP contribution in [0.2, 0.25) is 0 Å². The van der Waals surface area contributed by atoms with Crippen LogP contribution in [0, 0.1) is 22.7 Å². The third kappa shape index (κ3) is 4.35. The predicted molar refractivity (Wildman–Crippen MR) is 138 cm³/mol. The SMILES string of the molecule is N#Cc1cccc(-c2cc(-c3ccc(-c4ccccc4)cc3)cc(-c3cccc(C#N)c3)c2)c1. The van der Waals surface area contributed by atoms with E-state index in [-0.39, 0.29) is 0 Å². The van der Waals surface area contributed by atoms with Gasteiger partial charge in [-0.1, -0.05) is 78.9 Å². The molecule has 0 saturated carbocycles. The summed E-state index contributed by atoms with van der Waals surface area (Å²) >= 11 is 0. The molecule has 0 aromatic heterocycles. The molecule has 5 aromatic rings. The molecule has 2 nitrogen and oxygen atoms in total. The van der Waals surface area contributed by atoms with E-state index in [2.05, 4.69) is 66.7 Å². The molecule has 0 radical (unpaired) electrons. The molecule has 5 rings (SSSR count). The molecule has 5 aromatic carbocycles. The molecule has 0 aliphatic heterocycles. The van der Waals surface area contributed by atoms with Crippen molar-refractivity contribution in [1.29, 1.82) is 10.5 Å². The number of benzene rings is 5. The average Bonchev–Trinajstić information content (AvgIpc) is 2.93. The van der Waals surface area contributed by atoms with Gasteiger partial charge in [0, 0.05) is 0 Å². The van der Waals surface area contributed by atoms with E-state index in [0.717, 1.165) is 33.4 Å². The fourth-order valence-corrected chi connectivity index (χ4v) is 4.15. The first kappa shape index (κ1) is 21.0. The van der Waals surface area contributed by atoms with E-state index in [0.29, 0.717) is 11.1 Å². The van der Waals surface area contributed by atoms with Crippen LogP contribution in [-0.4, -0.2) is 0 Å². The molecule has 0 N–H and O–H groups in total. The topological polar surface area (TPSA) is 47.6 Å². The van der Waals surface area contributed by atoms with Gasteiger partial charge in [-0.25, -0.2) is 0 Å². The second kappa shape index (κ2) is 9.29. The summed E-state index contributed by atoms with van der Waals surface area (Å²) < 4.78 is 0. The molecular weight excluding hydrogens is 412 g/mol. The van der Waals surface area contributed by atoms with E-state index in [1.54, 1.807) is 0 Å². The number of hydrogen-bond donors (Lipinski definition) is 0. The summed E-state index contributed by atoms with van der Waals surface area (Å²) in [5, 5.41) is 18.7. The normalized spacial score (nSPS) is 10.3. The number of rotatable bonds is 4. The fraction of sp³-hybridized carbons (Fsp3) is 0. The molecule has 0 unspecified atom stereocenters. The smallest absolute Gasteiger partial charge is 0.0991 e. The lowest BCUT2D eigenvalue weighted by Crippen LogP contribution is -1.88. The molecule has 0 saturated heterocycles. The summed E-state index contributed by atoms with van der Waals surface area (Å²) in [6.45, 7) is 0. The lowest BCUT2D eigenvalue weighted by atomic mass is 9.92. The van der Waals surface area contributed by atoms with E-state index in [1.807, 2.05) is 66.7 Å². The molecule has 0 fully saturated rings. The quantitative estimate of drug-likeness (QED) is 0.288. The summed E-state index contributed by atoms with van der Waals surface area (Å²) in [6.07, 6.45) is 0. The second-order valence-corrected chi connectivity index (χ2v) is 8.13. The molecule has 34 heavy (non-hydrogen) atoms. The van der Waals surface area contributed by atoms with Crippen LogP contribution in [-0.2, 0) is 0 Å². The Morgan fingerprint density at radius 3 is 1.18 bits per heavy atom. The van der Waals surface area contributed by atoms with Crippen LogP contribution in [0.4, 0.5) is 0 Å². The minimum Gasteiger partial charge on any atom is -0.192 e. The number of nitriles is 2. The van der Waals surface area contributed by atoms with Crippen LogP contribution in [0.15, 0.2) is 121 Å². The summed E-state index contributed by atoms with van der Waals surface area (Å²) in [5.41, 5.74) is 9.82. The van der Waals surface area contributed by atoms with Gasteiger partial charge >= 0.3 is 0 Å². The van der Waals surface area contributed by atoms with Gasteiger partial charge in [0.05, 0.1) is 23.3 Å². The van der Waals surface area contributed by atoms with Gasteiger partial charge in [-0.15, -0.1) is 0 Å². The first-order valence-corrected chi connectivity index (χ1v) is 11.1. The zero-order valence-corrected chi connectivity index (χ0v) is 18.4. The molecule has 158 valence electrons. The third-order valence-corrected chi connectivity index (χ3v) is 5.91. The van der Waals surface area contributed by atoms with Gasteiger partial charge in [-0.3, -0.25) is 0 Å². The van der Waals surface area contributed by atoms with E-state index in [9.17, 15) is 10.5 Å². The molecule has 0 amide bonds. The Balaban J connectivity index is 1.64. The second-order valence-electron chi connectivity index (χ2n) is 8.13. The van der Waals surface area contributed by atoms with E-state index in [4.69, 9.17) is 0 Å². The highest BCUT2D eigenvalue weighted by atomic mass is 14.2. The zero-order valence-electron chi connectivity index (χ0n) is 18.4. The van der Waals surface area contributed by atoms with Crippen LogP contribution < -0.4 is 0 Å². The van der Waals surface area contributed by atoms with E-state index >= 15 is 0 Å². The Kier molecular flexibility index (Phi) is 5.73. The largest absolute Gasteiger partial charge is 0.192 e. The highest BCUT2D eigenvalue weighted by molar-refractivity contribution is 5.82. The Hall–Kier alpha value is -4.92. The van der Waals surface area contributed by atoms with Crippen LogP contribution in [0.3, 0.4) is 0 Å². The monoisotopic (exact) mass is 432 g/mol. The van der Waals surface area contributed by atoms with Crippen molar-refractivity contribution in [3.8, 4) is 56.6 Å². The molecule has 0 atom stereocenters. The lowest BCUT2D eigenvalue weighted by molar-refractivity contribution is 1.47. The van der Waals surface area contributed by atoms with Crippen molar-refractivity contribution in [2.75, 3.05) is 0 Å². The Morgan fingerprint density at radius 1 is 0.324 bits per heavy atom. The van der Waals surface area contributed by atoms with Crippen molar-refractivity contribution in [3.63, 3.8) is 0 Å². The molecular formula is C32H20N2.